The zero-order valence-electron chi connectivity index (χ0n) is 12.2. The van der Waals surface area contributed by atoms with Crippen molar-refractivity contribution in [2.75, 3.05) is 33.3 Å². The molecule has 0 spiro atoms. The van der Waals surface area contributed by atoms with E-state index in [1.54, 1.807) is 24.1 Å². The fraction of sp³-hybridized carbons (Fsp3) is 0.533. The minimum absolute atomic E-state index is 0. The van der Waals surface area contributed by atoms with Gasteiger partial charge in [0, 0.05) is 13.6 Å². The highest BCUT2D eigenvalue weighted by molar-refractivity contribution is 5.85. The van der Waals surface area contributed by atoms with Gasteiger partial charge in [-0.05, 0) is 43.7 Å². The van der Waals surface area contributed by atoms with E-state index in [2.05, 4.69) is 5.32 Å². The molecule has 0 radical (unpaired) electrons. The number of likely N-dealkylation sites (N-methyl/N-ethyl adjacent to an activating group) is 1. The molecule has 1 aliphatic heterocycles. The van der Waals surface area contributed by atoms with Crippen molar-refractivity contribution in [3.63, 3.8) is 0 Å². The van der Waals surface area contributed by atoms with Gasteiger partial charge in [0.1, 0.15) is 18.2 Å². The average molecular weight is 317 g/mol. The van der Waals surface area contributed by atoms with Crippen LogP contribution in [0.2, 0.25) is 0 Å². The first kappa shape index (κ1) is 17.7. The molecule has 118 valence electrons. The lowest BCUT2D eigenvalue weighted by Gasteiger charge is -2.27. The Labute approximate surface area is 131 Å². The maximum absolute atomic E-state index is 12.7. The third kappa shape index (κ3) is 5.52. The Bertz CT molecular complexity index is 436. The Balaban J connectivity index is 0.00000220. The average Bonchev–Trinajstić information content (AvgIpc) is 2.49. The van der Waals surface area contributed by atoms with Crippen molar-refractivity contribution in [2.24, 2.45) is 5.92 Å². The normalized spacial score (nSPS) is 17.7. The van der Waals surface area contributed by atoms with Crippen molar-refractivity contribution in [1.82, 2.24) is 10.2 Å². The summed E-state index contributed by atoms with van der Waals surface area (Å²) in [5, 5.41) is 3.24. The number of hydrogen-bond donors (Lipinski definition) is 1. The number of piperidine rings is 1. The summed E-state index contributed by atoms with van der Waals surface area (Å²) in [6, 6.07) is 5.89. The van der Waals surface area contributed by atoms with Crippen LogP contribution >= 0.6 is 12.4 Å². The topological polar surface area (TPSA) is 41.6 Å². The number of amides is 1. The van der Waals surface area contributed by atoms with Crippen molar-refractivity contribution in [3.8, 4) is 5.75 Å². The second kappa shape index (κ2) is 8.85. The number of nitrogens with one attached hydrogen (secondary N) is 1. The molecular weight excluding hydrogens is 295 g/mol. The van der Waals surface area contributed by atoms with E-state index < -0.39 is 0 Å². The van der Waals surface area contributed by atoms with Crippen molar-refractivity contribution in [2.45, 2.75) is 12.8 Å². The van der Waals surface area contributed by atoms with Crippen LogP contribution in [0.15, 0.2) is 24.3 Å². The zero-order valence-corrected chi connectivity index (χ0v) is 13.0. The molecular formula is C15H22ClFN2O2. The van der Waals surface area contributed by atoms with Crippen LogP contribution in [0.4, 0.5) is 4.39 Å². The van der Waals surface area contributed by atoms with Gasteiger partial charge in [-0.15, -0.1) is 12.4 Å². The molecule has 1 aromatic carbocycles. The molecule has 1 atom stereocenters. The monoisotopic (exact) mass is 316 g/mol. The molecule has 1 saturated heterocycles. The van der Waals surface area contributed by atoms with Gasteiger partial charge in [-0.1, -0.05) is 0 Å². The maximum Gasteiger partial charge on any atom is 0.226 e. The second-order valence-electron chi connectivity index (χ2n) is 5.11. The molecule has 0 aliphatic carbocycles. The van der Waals surface area contributed by atoms with Crippen LogP contribution in [-0.2, 0) is 4.79 Å². The highest BCUT2D eigenvalue weighted by Crippen LogP contribution is 2.13. The molecule has 2 rings (SSSR count). The second-order valence-corrected chi connectivity index (χ2v) is 5.11. The predicted octanol–water partition coefficient (Wildman–Crippen LogP) is 2.08. The summed E-state index contributed by atoms with van der Waals surface area (Å²) in [5.74, 6) is 0.584. The quantitative estimate of drug-likeness (QED) is 0.904. The van der Waals surface area contributed by atoms with Crippen LogP contribution in [0.25, 0.3) is 0 Å². The molecule has 1 aromatic rings. The van der Waals surface area contributed by atoms with E-state index in [4.69, 9.17) is 4.74 Å². The van der Waals surface area contributed by atoms with Gasteiger partial charge in [-0.2, -0.15) is 0 Å². The Morgan fingerprint density at radius 2 is 2.14 bits per heavy atom. The standard InChI is InChI=1S/C15H21FN2O2.ClH/c1-18(15(19)12-3-2-8-17-11-12)9-10-20-14-6-4-13(16)5-7-14;/h4-7,12,17H,2-3,8-11H2,1H3;1H. The Morgan fingerprint density at radius 1 is 1.43 bits per heavy atom. The Kier molecular flexibility index (Phi) is 7.47. The summed E-state index contributed by atoms with van der Waals surface area (Å²) in [5.41, 5.74) is 0. The third-order valence-electron chi connectivity index (χ3n) is 3.53. The number of nitrogens with zero attached hydrogens (tertiary/aromatic N) is 1. The maximum atomic E-state index is 12.7. The van der Waals surface area contributed by atoms with E-state index in [0.29, 0.717) is 18.9 Å². The molecule has 0 bridgehead atoms. The molecule has 1 heterocycles. The van der Waals surface area contributed by atoms with Crippen molar-refractivity contribution in [3.05, 3.63) is 30.1 Å². The lowest BCUT2D eigenvalue weighted by molar-refractivity contribution is -0.135. The molecule has 1 fully saturated rings. The van der Waals surface area contributed by atoms with Gasteiger partial charge < -0.3 is 15.0 Å². The Hall–Kier alpha value is -1.33. The molecule has 0 saturated carbocycles. The van der Waals surface area contributed by atoms with E-state index in [1.807, 2.05) is 0 Å². The van der Waals surface area contributed by atoms with E-state index in [-0.39, 0.29) is 30.0 Å². The zero-order chi connectivity index (χ0) is 14.4. The summed E-state index contributed by atoms with van der Waals surface area (Å²) in [6.45, 7) is 2.71. The van der Waals surface area contributed by atoms with Crippen LogP contribution in [0, 0.1) is 11.7 Å². The number of rotatable bonds is 5. The molecule has 4 nitrogen and oxygen atoms in total. The number of ether oxygens (including phenoxy) is 1. The summed E-state index contributed by atoms with van der Waals surface area (Å²) in [4.78, 5) is 13.9. The van der Waals surface area contributed by atoms with Crippen LogP contribution in [0.5, 0.6) is 5.75 Å². The highest BCUT2D eigenvalue weighted by Gasteiger charge is 2.23. The van der Waals surface area contributed by atoms with Crippen LogP contribution in [0.1, 0.15) is 12.8 Å². The number of carbonyl (C=O) groups is 1. The number of benzene rings is 1. The van der Waals surface area contributed by atoms with Gasteiger partial charge in [0.05, 0.1) is 12.5 Å². The SMILES string of the molecule is CN(CCOc1ccc(F)cc1)C(=O)C1CCCNC1.Cl. The minimum atomic E-state index is -0.283. The fourth-order valence-corrected chi connectivity index (χ4v) is 2.32. The van der Waals surface area contributed by atoms with Crippen LogP contribution in [0.3, 0.4) is 0 Å². The number of halogens is 2. The fourth-order valence-electron chi connectivity index (χ4n) is 2.32. The predicted molar refractivity (Wildman–Crippen MR) is 82.4 cm³/mol. The van der Waals surface area contributed by atoms with Crippen LogP contribution < -0.4 is 10.1 Å². The van der Waals surface area contributed by atoms with Crippen LogP contribution in [-0.4, -0.2) is 44.1 Å². The first-order valence-corrected chi connectivity index (χ1v) is 7.01. The molecule has 1 N–H and O–H groups in total. The number of hydrogen-bond acceptors (Lipinski definition) is 3. The lowest BCUT2D eigenvalue weighted by Crippen LogP contribution is -2.42. The number of carbonyl (C=O) groups excluding carboxylic acids is 1. The molecule has 1 aliphatic rings. The van der Waals surface area contributed by atoms with E-state index in [1.165, 1.54) is 12.1 Å². The summed E-state index contributed by atoms with van der Waals surface area (Å²) >= 11 is 0. The molecule has 21 heavy (non-hydrogen) atoms. The van der Waals surface area contributed by atoms with Gasteiger partial charge in [-0.25, -0.2) is 4.39 Å². The van der Waals surface area contributed by atoms with Gasteiger partial charge in [0.25, 0.3) is 0 Å². The minimum Gasteiger partial charge on any atom is -0.492 e. The Morgan fingerprint density at radius 3 is 2.76 bits per heavy atom. The highest BCUT2D eigenvalue weighted by atomic mass is 35.5. The first-order chi connectivity index (χ1) is 9.66. The summed E-state index contributed by atoms with van der Waals surface area (Å²) < 4.78 is 18.2. The molecule has 0 aromatic heterocycles. The molecule has 1 unspecified atom stereocenters. The van der Waals surface area contributed by atoms with Crippen molar-refractivity contribution >= 4 is 18.3 Å². The van der Waals surface area contributed by atoms with Crippen molar-refractivity contribution < 1.29 is 13.9 Å². The largest absolute Gasteiger partial charge is 0.492 e. The van der Waals surface area contributed by atoms with E-state index >= 15 is 0 Å². The van der Waals surface area contributed by atoms with Gasteiger partial charge in [0.2, 0.25) is 5.91 Å². The summed E-state index contributed by atoms with van der Waals surface area (Å²) in [6.07, 6.45) is 2.01. The van der Waals surface area contributed by atoms with E-state index in [9.17, 15) is 9.18 Å². The third-order valence-corrected chi connectivity index (χ3v) is 3.53. The van der Waals surface area contributed by atoms with E-state index in [0.717, 1.165) is 25.9 Å². The van der Waals surface area contributed by atoms with Gasteiger partial charge in [-0.3, -0.25) is 4.79 Å². The van der Waals surface area contributed by atoms with Gasteiger partial charge in [0.15, 0.2) is 0 Å². The first-order valence-electron chi connectivity index (χ1n) is 7.01. The van der Waals surface area contributed by atoms with Crippen molar-refractivity contribution in [1.29, 1.82) is 0 Å². The lowest BCUT2D eigenvalue weighted by atomic mass is 9.98. The molecule has 1 amide bonds. The summed E-state index contributed by atoms with van der Waals surface area (Å²) in [7, 11) is 1.80. The smallest absolute Gasteiger partial charge is 0.226 e. The molecule has 6 heteroatoms. The van der Waals surface area contributed by atoms with Gasteiger partial charge >= 0.3 is 0 Å².